The molecule has 8 aliphatic carbocycles. The summed E-state index contributed by atoms with van der Waals surface area (Å²) < 4.78 is 0. The molecule has 4 aromatic heterocycles. The standard InChI is InChI=1S/C26H31NO3S.C24H33NO4S.C23H33ClO3S.C23H35NO4.C21H33ClO3S/c1-3-4-5-9-23(28)18-10-12-20(13-11-18)25-19(14-16-22(25)27-2)7-6-8-21-15-17-24(31-21)26(29)30;1-2-24(12-5-13-24)22(27)9-4-8-19-18(16(15-25)14-20(19)26)7-3-6-17-10-11-21(30-17)23(28)29;1-2-23(14-5-15-23)21(25)9-4-8-18-16(10-12-19(18)24)6-3-7-17-11-13-20(28-17)22(26)27;1-2-23(13-8-14-23)21(26)11-7-10-19-18(17(16-24)15-20(19)25)9-5-3-4-6-12-22(27)28;1-2-3-4-5-6-7-10-17-16(18(22)14-19(17)23)11-8-9-15-12-13-20(26-15)21(24)25/h10-13,15,17,19,23,28H,3-9,14,16H2,1H3,(H,29,30);4,8,10-11,16,18-20,22,26-27H,2-3,5-7,9,12-14H2,1H3,(H,28,29);4,8,11,13,16,18-19,21,25H,2-3,5-7,9-10,12,14-15H2,1H3,(H,26,27);3,5,7,10,17-21,25-26H,2,4,6,8-9,11-15H2,1H3,(H,27,28);12-13,16-19,23H,2-11,14H2,1H3,(H,24,25)/b;2*8-4+;5-3-,10-7+;/t19-,23?;16-,18-,19+,20+,22?;16-,18+,19+,21?;17-,18-,19+,20+,21?;16-,17-,18-,19-/m00001/s1. The smallest absolute Gasteiger partial charge is 0.345 e. The number of carboxylic acid groups (broad SMARTS) is 5. The fourth-order valence-corrected chi connectivity index (χ4v) is 28.2. The third kappa shape index (κ3) is 35.8. The molecule has 788 valence electrons. The molecule has 26 heteroatoms. The van der Waals surface area contributed by atoms with E-state index in [4.69, 9.17) is 55.3 Å². The lowest BCUT2D eigenvalue weighted by molar-refractivity contribution is -0.137. The zero-order chi connectivity index (χ0) is 104. The first-order valence-corrected chi connectivity index (χ1v) is 58.2. The Labute approximate surface area is 878 Å². The van der Waals surface area contributed by atoms with Crippen LogP contribution in [0.2, 0.25) is 0 Å². The summed E-state index contributed by atoms with van der Waals surface area (Å²) in [6.07, 6.45) is 61.5. The number of alkyl halides is 2. The van der Waals surface area contributed by atoms with Gasteiger partial charge in [0.2, 0.25) is 0 Å². The topological polar surface area (TPSA) is 380 Å². The highest BCUT2D eigenvalue weighted by atomic mass is 35.5. The van der Waals surface area contributed by atoms with Crippen LogP contribution in [0.1, 0.15) is 399 Å². The van der Waals surface area contributed by atoms with Crippen LogP contribution in [-0.4, -0.2) is 139 Å². The van der Waals surface area contributed by atoms with Crippen molar-refractivity contribution in [3.05, 3.63) is 189 Å². The molecule has 4 unspecified atom stereocenters. The van der Waals surface area contributed by atoms with E-state index in [2.05, 4.69) is 75.9 Å². The molecule has 4 heterocycles. The van der Waals surface area contributed by atoms with Crippen LogP contribution in [-0.2, 0) is 30.5 Å². The molecule has 0 radical (unpaired) electrons. The van der Waals surface area contributed by atoms with Crippen molar-refractivity contribution in [2.45, 2.75) is 403 Å². The van der Waals surface area contributed by atoms with E-state index >= 15 is 0 Å². The monoisotopic (exact) mass is 2080 g/mol. The van der Waals surface area contributed by atoms with E-state index in [1.54, 1.807) is 24.3 Å². The summed E-state index contributed by atoms with van der Waals surface area (Å²) in [7, 11) is 0. The van der Waals surface area contributed by atoms with Gasteiger partial charge >= 0.3 is 29.8 Å². The maximum atomic E-state index is 11.1. The lowest BCUT2D eigenvalue weighted by atomic mass is 9.63. The number of benzene rings is 1. The van der Waals surface area contributed by atoms with Gasteiger partial charge in [-0.2, -0.15) is 10.5 Å². The van der Waals surface area contributed by atoms with Gasteiger partial charge in [0.05, 0.1) is 73.3 Å². The third-order valence-corrected chi connectivity index (χ3v) is 38.8. The van der Waals surface area contributed by atoms with Crippen molar-refractivity contribution >= 4 is 104 Å². The summed E-state index contributed by atoms with van der Waals surface area (Å²) in [6, 6.07) is 27.2. The van der Waals surface area contributed by atoms with Gasteiger partial charge in [-0.15, -0.1) is 68.5 Å². The van der Waals surface area contributed by atoms with Crippen LogP contribution in [0.15, 0.2) is 127 Å². The highest BCUT2D eigenvalue weighted by Crippen LogP contribution is 2.53. The van der Waals surface area contributed by atoms with E-state index in [1.165, 1.54) is 109 Å². The number of allylic oxidation sites excluding steroid dienone is 5. The summed E-state index contributed by atoms with van der Waals surface area (Å²) in [5.74, 6) is -2.44. The number of hydrogen-bond acceptors (Lipinski definition) is 18. The minimum atomic E-state index is -0.895. The Morgan fingerprint density at radius 2 is 0.874 bits per heavy atom. The predicted octanol–water partition coefficient (Wildman–Crippen LogP) is 28.5. The lowest BCUT2D eigenvalue weighted by Gasteiger charge is -2.45. The van der Waals surface area contributed by atoms with E-state index in [0.29, 0.717) is 94.0 Å². The average Bonchev–Trinajstić information content (AvgIpc) is 1.72. The number of aliphatic hydroxyl groups is 7. The van der Waals surface area contributed by atoms with E-state index < -0.39 is 48.2 Å². The van der Waals surface area contributed by atoms with Gasteiger partial charge in [-0.1, -0.05) is 191 Å². The van der Waals surface area contributed by atoms with E-state index in [0.717, 1.165) is 242 Å². The molecule has 0 amide bonds. The van der Waals surface area contributed by atoms with Crippen molar-refractivity contribution in [3.8, 4) is 12.1 Å². The lowest BCUT2D eigenvalue weighted by Crippen LogP contribution is -2.40. The van der Waals surface area contributed by atoms with Crippen LogP contribution in [0.5, 0.6) is 0 Å². The van der Waals surface area contributed by atoms with E-state index in [-0.39, 0.29) is 93.3 Å². The minimum absolute atomic E-state index is 0.0567. The molecule has 7 saturated carbocycles. The third-order valence-electron chi connectivity index (χ3n) is 33.3. The summed E-state index contributed by atoms with van der Waals surface area (Å²) in [6.45, 7) is 18.5. The Balaban J connectivity index is 0.000000200. The van der Waals surface area contributed by atoms with Crippen molar-refractivity contribution in [1.82, 2.24) is 0 Å². The molecule has 0 bridgehead atoms. The Bertz CT molecular complexity index is 4960. The number of thiophene rings is 4. The first-order valence-electron chi connectivity index (χ1n) is 54.0. The quantitative estimate of drug-likeness (QED) is 0.00744. The number of carbonyl (C=O) groups is 5. The second kappa shape index (κ2) is 61.7. The van der Waals surface area contributed by atoms with Crippen LogP contribution in [0.25, 0.3) is 10.4 Å². The number of aliphatic carboxylic acids is 1. The van der Waals surface area contributed by atoms with Crippen molar-refractivity contribution in [3.63, 3.8) is 0 Å². The van der Waals surface area contributed by atoms with Crippen LogP contribution >= 0.6 is 68.5 Å². The second-order valence-corrected chi connectivity index (χ2v) is 47.9. The van der Waals surface area contributed by atoms with E-state index in [9.17, 15) is 70.2 Å². The molecular formula is C117H165Cl2N3O17S4. The summed E-state index contributed by atoms with van der Waals surface area (Å²) in [5.41, 5.74) is 4.39. The van der Waals surface area contributed by atoms with Gasteiger partial charge in [0.1, 0.15) is 19.5 Å². The number of nitriles is 2. The molecule has 5 aromatic rings. The molecule has 0 saturated heterocycles. The maximum Gasteiger partial charge on any atom is 0.345 e. The Morgan fingerprint density at radius 3 is 1.30 bits per heavy atom. The number of aryl methyl sites for hydroxylation is 4. The highest BCUT2D eigenvalue weighted by molar-refractivity contribution is 7.14. The van der Waals surface area contributed by atoms with Gasteiger partial charge in [-0.3, -0.25) is 4.79 Å². The van der Waals surface area contributed by atoms with Gasteiger partial charge in [0, 0.05) is 48.5 Å². The van der Waals surface area contributed by atoms with Crippen LogP contribution < -0.4 is 0 Å². The number of carboxylic acids is 5. The molecule has 8 aliphatic rings. The zero-order valence-corrected chi connectivity index (χ0v) is 90.2. The molecule has 143 heavy (non-hydrogen) atoms. The van der Waals surface area contributed by atoms with Crippen molar-refractivity contribution in [1.29, 1.82) is 10.5 Å². The largest absolute Gasteiger partial charge is 0.481 e. The molecule has 0 aliphatic heterocycles. The second-order valence-electron chi connectivity index (χ2n) is 42.1. The molecule has 20 atom stereocenters. The Hall–Kier alpha value is -7.16. The fourth-order valence-electron chi connectivity index (χ4n) is 23.7. The fraction of sp³-hybridized carbons (Fsp3) is 0.658. The van der Waals surface area contributed by atoms with Gasteiger partial charge in [-0.25, -0.2) is 24.0 Å². The first-order chi connectivity index (χ1) is 68.8. The number of rotatable bonds is 54. The zero-order valence-electron chi connectivity index (χ0n) is 85.4. The maximum absolute atomic E-state index is 11.1. The van der Waals surface area contributed by atoms with Gasteiger partial charge in [0.15, 0.2) is 5.70 Å². The molecule has 1 aromatic carbocycles. The number of aliphatic hydroxyl groups excluding tert-OH is 7. The van der Waals surface area contributed by atoms with Crippen molar-refractivity contribution < 1.29 is 85.3 Å². The molecule has 20 nitrogen and oxygen atoms in total. The Morgan fingerprint density at radius 1 is 0.455 bits per heavy atom. The molecular weight excluding hydrogens is 1920 g/mol. The minimum Gasteiger partial charge on any atom is -0.481 e. The van der Waals surface area contributed by atoms with Gasteiger partial charge in [0.25, 0.3) is 0 Å². The molecule has 7 fully saturated rings. The normalized spacial score (nSPS) is 25.8. The summed E-state index contributed by atoms with van der Waals surface area (Å²) in [5, 5.41) is 138. The number of hydrogen-bond donors (Lipinski definition) is 12. The van der Waals surface area contributed by atoms with Crippen LogP contribution in [0.4, 0.5) is 0 Å². The summed E-state index contributed by atoms with van der Waals surface area (Å²) >= 11 is 18.6. The predicted molar refractivity (Wildman–Crippen MR) is 577 cm³/mol. The van der Waals surface area contributed by atoms with Gasteiger partial charge < -0.3 is 61.3 Å². The Kier molecular flexibility index (Phi) is 51.5. The number of halogens is 2. The number of aromatic carboxylic acids is 4. The van der Waals surface area contributed by atoms with Crippen LogP contribution in [0, 0.1) is 111 Å². The van der Waals surface area contributed by atoms with Gasteiger partial charge in [-0.05, 0) is 348 Å². The number of nitrogens with zero attached hydrogens (tertiary/aromatic N) is 3. The van der Waals surface area contributed by atoms with Crippen molar-refractivity contribution in [2.75, 3.05) is 0 Å². The first kappa shape index (κ1) is 119. The molecule has 0 spiro atoms. The average molecular weight is 2080 g/mol. The highest BCUT2D eigenvalue weighted by Gasteiger charge is 2.47. The summed E-state index contributed by atoms with van der Waals surface area (Å²) in [4.78, 5) is 64.4. The molecule has 13 rings (SSSR count). The SMILES string of the molecule is CCC1(C(O)C/C=C/[C@@H]2[C@@H](C/C=C\CCCC(=O)O)[C@H](C#N)C[C@H]2O)CCC1.CCC1(C(O)C/C=C/[C@@H]2[C@@H](CCCc3ccc(C(=O)O)s3)CC[C@H]2Cl)CCC1.CCC1(C(O)C/C=C/[C@@H]2[C@@H](CCCc3ccc(C(=O)O)s3)[C@H](C#N)C[C@H]2O)CCC1.CCCCCCCC[C@@H]1[C@@H](CCCc2ccc(C(=O)O)s2)[C@H](Cl)C[C@H]1O.[C-]#[N+]C1=C(c2ccc(C(O)CCCCC)cc2)[C@@H](CCCc2ccc(C(=O)O)s2)CC1. The van der Waals surface area contributed by atoms with Crippen molar-refractivity contribution in [2.24, 2.45) is 81.3 Å². The number of unbranched alkanes of at least 4 members (excludes halogenated alkanes) is 8. The van der Waals surface area contributed by atoms with Crippen LogP contribution in [0.3, 0.4) is 0 Å². The van der Waals surface area contributed by atoms with E-state index in [1.807, 2.05) is 72.9 Å². The molecule has 12 N–H and O–H groups in total.